The number of carbonyl (C=O) groups is 1. The van der Waals surface area contributed by atoms with Crippen molar-refractivity contribution in [2.24, 2.45) is 0 Å². The molecule has 0 fully saturated rings. The molecule has 3 aromatic rings. The fourth-order valence-electron chi connectivity index (χ4n) is 1.82. The van der Waals surface area contributed by atoms with Gasteiger partial charge in [-0.3, -0.25) is 14.6 Å². The first kappa shape index (κ1) is 13.5. The van der Waals surface area contributed by atoms with Crippen molar-refractivity contribution in [3.05, 3.63) is 70.8 Å². The van der Waals surface area contributed by atoms with Crippen LogP contribution in [0.4, 0.5) is 5.88 Å². The maximum absolute atomic E-state index is 12.1. The van der Waals surface area contributed by atoms with Crippen LogP contribution >= 0.6 is 15.9 Å². The van der Waals surface area contributed by atoms with Gasteiger partial charge in [-0.1, -0.05) is 36.4 Å². The van der Waals surface area contributed by atoms with E-state index in [-0.39, 0.29) is 11.8 Å². The highest BCUT2D eigenvalue weighted by Crippen LogP contribution is 2.19. The molecule has 0 unspecified atom stereocenters. The van der Waals surface area contributed by atoms with Crippen molar-refractivity contribution in [2.75, 3.05) is 5.32 Å². The lowest BCUT2D eigenvalue weighted by Crippen LogP contribution is -2.33. The van der Waals surface area contributed by atoms with Crippen LogP contribution in [-0.4, -0.2) is 11.2 Å². The summed E-state index contributed by atoms with van der Waals surface area (Å²) in [5, 5.41) is 6.59. The van der Waals surface area contributed by atoms with Gasteiger partial charge in [-0.25, -0.2) is 0 Å². The third-order valence-corrected chi connectivity index (χ3v) is 3.55. The molecule has 0 atom stereocenters. The van der Waals surface area contributed by atoms with Gasteiger partial charge < -0.3 is 0 Å². The molecule has 6 heteroatoms. The van der Waals surface area contributed by atoms with Crippen LogP contribution in [0.5, 0.6) is 0 Å². The van der Waals surface area contributed by atoms with Gasteiger partial charge in [0.15, 0.2) is 0 Å². The van der Waals surface area contributed by atoms with Crippen LogP contribution in [0, 0.1) is 0 Å². The largest absolute Gasteiger partial charge is 0.346 e. The molecule has 1 amide bonds. The smallest absolute Gasteiger partial charge is 0.284 e. The Balaban J connectivity index is 1.85. The Kier molecular flexibility index (Phi) is 3.79. The summed E-state index contributed by atoms with van der Waals surface area (Å²) in [6, 6.07) is 18.4. The summed E-state index contributed by atoms with van der Waals surface area (Å²) in [4.78, 5) is 12.1. The van der Waals surface area contributed by atoms with Crippen LogP contribution in [0.25, 0.3) is 5.69 Å². The molecule has 0 bridgehead atoms. The number of rotatable bonds is 3. The fraction of sp³-hybridized carbons (Fsp3) is 0. The molecule has 21 heavy (non-hydrogen) atoms. The summed E-state index contributed by atoms with van der Waals surface area (Å²) < 4.78 is 7.27. The number of nitrogens with one attached hydrogen (secondary N) is 1. The van der Waals surface area contributed by atoms with Crippen molar-refractivity contribution in [1.82, 2.24) is 5.27 Å². The molecule has 0 aliphatic rings. The van der Waals surface area contributed by atoms with Gasteiger partial charge in [0.25, 0.3) is 5.91 Å². The number of halogens is 1. The zero-order chi connectivity index (χ0) is 14.7. The minimum atomic E-state index is -0.257. The zero-order valence-corrected chi connectivity index (χ0v) is 12.4. The van der Waals surface area contributed by atoms with Crippen LogP contribution in [0.15, 0.2) is 69.8 Å². The van der Waals surface area contributed by atoms with Crippen molar-refractivity contribution in [3.63, 3.8) is 0 Å². The molecule has 0 spiro atoms. The first-order valence-corrected chi connectivity index (χ1v) is 7.04. The molecule has 0 saturated carbocycles. The number of carbonyl (C=O) groups excluding carboxylic acids is 1. The number of hydrogen-bond donors (Lipinski definition) is 1. The Bertz CT molecular complexity index is 757. The Labute approximate surface area is 129 Å². The van der Waals surface area contributed by atoms with Crippen LogP contribution in [0.1, 0.15) is 10.4 Å². The van der Waals surface area contributed by atoms with E-state index >= 15 is 0 Å². The average Bonchev–Trinajstić information content (AvgIpc) is 2.90. The van der Waals surface area contributed by atoms with Crippen LogP contribution in [0.2, 0.25) is 0 Å². The Morgan fingerprint density at radius 3 is 2.33 bits per heavy atom. The Hall–Kier alpha value is -2.47. The first-order valence-electron chi connectivity index (χ1n) is 6.25. The molecule has 1 N–H and O–H groups in total. The molecule has 1 heterocycles. The molecule has 104 valence electrons. The summed E-state index contributed by atoms with van der Waals surface area (Å²) in [5.74, 6) is 0.000341. The highest BCUT2D eigenvalue weighted by molar-refractivity contribution is 9.10. The fourth-order valence-corrected chi connectivity index (χ4v) is 2.26. The van der Waals surface area contributed by atoms with Crippen molar-refractivity contribution in [3.8, 4) is 5.69 Å². The number of anilines is 1. The highest BCUT2D eigenvalue weighted by Gasteiger charge is 2.25. The minimum absolute atomic E-state index is 0.257. The van der Waals surface area contributed by atoms with E-state index in [0.29, 0.717) is 10.2 Å². The second-order valence-electron chi connectivity index (χ2n) is 4.26. The first-order chi connectivity index (χ1) is 10.3. The molecule has 0 radical (unpaired) electrons. The van der Waals surface area contributed by atoms with Gasteiger partial charge in [0.2, 0.25) is 11.0 Å². The Morgan fingerprint density at radius 2 is 1.67 bits per heavy atom. The van der Waals surface area contributed by atoms with E-state index < -0.39 is 0 Å². The molecular formula is C15H11BrN3O2+. The summed E-state index contributed by atoms with van der Waals surface area (Å²) in [5.41, 5.74) is 1.38. The lowest BCUT2D eigenvalue weighted by Gasteiger charge is -1.98. The third kappa shape index (κ3) is 2.85. The summed E-state index contributed by atoms with van der Waals surface area (Å²) in [7, 11) is 0. The van der Waals surface area contributed by atoms with E-state index in [2.05, 4.69) is 26.5 Å². The number of benzene rings is 2. The number of para-hydroxylation sites is 1. The molecule has 5 nitrogen and oxygen atoms in total. The van der Waals surface area contributed by atoms with Gasteiger partial charge >= 0.3 is 10.5 Å². The summed E-state index contributed by atoms with van der Waals surface area (Å²) >= 11 is 3.38. The second kappa shape index (κ2) is 5.88. The maximum Gasteiger partial charge on any atom is 0.346 e. The van der Waals surface area contributed by atoms with Crippen LogP contribution < -0.4 is 10.00 Å². The predicted molar refractivity (Wildman–Crippen MR) is 80.1 cm³/mol. The third-order valence-electron chi connectivity index (χ3n) is 2.85. The van der Waals surface area contributed by atoms with E-state index in [0.717, 1.165) is 5.69 Å². The standard InChI is InChI=1S/C15H10BrN3O2/c16-13-15(17-14(20)11-7-3-1-4-8-11)21-18-19(13)12-9-5-2-6-10-12/h1-10H/p+1. The van der Waals surface area contributed by atoms with E-state index in [1.165, 1.54) is 0 Å². The number of nitrogens with zero attached hydrogens (tertiary/aromatic N) is 2. The molecule has 0 aliphatic heterocycles. The van der Waals surface area contributed by atoms with Gasteiger partial charge in [-0.2, -0.15) is 0 Å². The van der Waals surface area contributed by atoms with Crippen molar-refractivity contribution in [2.45, 2.75) is 0 Å². The summed E-state index contributed by atoms with van der Waals surface area (Å²) in [6.07, 6.45) is 0. The van der Waals surface area contributed by atoms with Crippen molar-refractivity contribution < 1.29 is 14.0 Å². The average molecular weight is 345 g/mol. The van der Waals surface area contributed by atoms with Crippen LogP contribution in [-0.2, 0) is 0 Å². The number of aromatic nitrogens is 2. The minimum Gasteiger partial charge on any atom is -0.284 e. The van der Waals surface area contributed by atoms with E-state index in [4.69, 9.17) is 4.52 Å². The lowest BCUT2D eigenvalue weighted by atomic mass is 10.2. The monoisotopic (exact) mass is 344 g/mol. The van der Waals surface area contributed by atoms with Gasteiger partial charge in [0.05, 0.1) is 0 Å². The predicted octanol–water partition coefficient (Wildman–Crippen LogP) is 2.97. The molecular weight excluding hydrogens is 334 g/mol. The van der Waals surface area contributed by atoms with Crippen molar-refractivity contribution >= 4 is 27.7 Å². The Morgan fingerprint density at radius 1 is 1.05 bits per heavy atom. The molecule has 0 saturated heterocycles. The normalized spacial score (nSPS) is 10.3. The van der Waals surface area contributed by atoms with Gasteiger partial charge in [-0.05, 0) is 12.1 Å². The molecule has 0 aliphatic carbocycles. The maximum atomic E-state index is 12.1. The quantitative estimate of drug-likeness (QED) is 0.743. The van der Waals surface area contributed by atoms with Crippen LogP contribution in [0.3, 0.4) is 0 Å². The van der Waals surface area contributed by atoms with Gasteiger partial charge in [0, 0.05) is 38.3 Å². The van der Waals surface area contributed by atoms with Crippen molar-refractivity contribution in [1.29, 1.82) is 0 Å². The zero-order valence-electron chi connectivity index (χ0n) is 10.9. The van der Waals surface area contributed by atoms with Gasteiger partial charge in [-0.15, -0.1) is 0 Å². The number of hydrogen-bond acceptors (Lipinski definition) is 3. The molecule has 2 aromatic carbocycles. The molecule has 3 rings (SSSR count). The lowest BCUT2D eigenvalue weighted by molar-refractivity contribution is -0.680. The van der Waals surface area contributed by atoms with E-state index in [1.54, 1.807) is 28.9 Å². The highest BCUT2D eigenvalue weighted by atomic mass is 79.9. The molecule has 1 aromatic heterocycles. The summed E-state index contributed by atoms with van der Waals surface area (Å²) in [6.45, 7) is 0. The van der Waals surface area contributed by atoms with E-state index in [9.17, 15) is 4.79 Å². The topological polar surface area (TPSA) is 59.0 Å². The second-order valence-corrected chi connectivity index (χ2v) is 5.01. The van der Waals surface area contributed by atoms with Gasteiger partial charge in [0.1, 0.15) is 0 Å². The van der Waals surface area contributed by atoms with E-state index in [1.807, 2.05) is 36.4 Å². The number of amides is 1. The SMILES string of the molecule is O=C(Nc1on[n+](-c2ccccc2)c1Br)c1ccccc1.